The van der Waals surface area contributed by atoms with E-state index in [0.717, 1.165) is 42.4 Å². The summed E-state index contributed by atoms with van der Waals surface area (Å²) < 4.78 is 15.8. The monoisotopic (exact) mass is 522 g/mol. The van der Waals surface area contributed by atoms with Crippen LogP contribution in [-0.2, 0) is 11.2 Å². The van der Waals surface area contributed by atoms with Gasteiger partial charge in [0.25, 0.3) is 0 Å². The largest absolute Gasteiger partial charge is 0.493 e. The van der Waals surface area contributed by atoms with Crippen LogP contribution in [0, 0.1) is 0 Å². The third kappa shape index (κ3) is 11.6. The van der Waals surface area contributed by atoms with E-state index < -0.39 is 11.7 Å². The molecule has 0 spiro atoms. The first kappa shape index (κ1) is 27.1. The van der Waals surface area contributed by atoms with Crippen molar-refractivity contribution < 1.29 is 19.0 Å². The molecule has 1 amide bonds. The number of benzene rings is 1. The third-order valence-electron chi connectivity index (χ3n) is 3.69. The van der Waals surface area contributed by atoms with Crippen molar-refractivity contribution >= 4 is 36.0 Å². The summed E-state index contributed by atoms with van der Waals surface area (Å²) in [6.45, 7) is 7.46. The van der Waals surface area contributed by atoms with Gasteiger partial charge >= 0.3 is 6.09 Å². The Bertz CT molecular complexity index is 648. The molecular weight excluding hydrogens is 487 g/mol. The number of amides is 1. The summed E-state index contributed by atoms with van der Waals surface area (Å²) in [5.41, 5.74) is 0.657. The van der Waals surface area contributed by atoms with Crippen molar-refractivity contribution in [1.29, 1.82) is 0 Å². The van der Waals surface area contributed by atoms with Crippen LogP contribution < -0.4 is 25.4 Å². The van der Waals surface area contributed by atoms with Gasteiger partial charge in [0, 0.05) is 26.7 Å². The van der Waals surface area contributed by atoms with Gasteiger partial charge in [0.2, 0.25) is 0 Å². The molecule has 0 aromatic heterocycles. The normalized spacial score (nSPS) is 11.2. The SMILES string of the molecule is CN=C(NCCCNC(=O)OC(C)(C)C)NCCc1ccc(OC)c(OC)c1.I. The second-order valence-electron chi connectivity index (χ2n) is 7.15. The maximum Gasteiger partial charge on any atom is 0.407 e. The van der Waals surface area contributed by atoms with Crippen molar-refractivity contribution in [1.82, 2.24) is 16.0 Å². The van der Waals surface area contributed by atoms with Gasteiger partial charge in [-0.15, -0.1) is 24.0 Å². The van der Waals surface area contributed by atoms with Crippen LogP contribution in [0.2, 0.25) is 0 Å². The Morgan fingerprint density at radius 2 is 1.62 bits per heavy atom. The van der Waals surface area contributed by atoms with Gasteiger partial charge in [-0.3, -0.25) is 4.99 Å². The average molecular weight is 522 g/mol. The minimum absolute atomic E-state index is 0. The van der Waals surface area contributed by atoms with E-state index in [1.165, 1.54) is 0 Å². The number of ether oxygens (including phenoxy) is 3. The van der Waals surface area contributed by atoms with Crippen molar-refractivity contribution in [3.05, 3.63) is 23.8 Å². The zero-order valence-corrected chi connectivity index (χ0v) is 20.6. The highest BCUT2D eigenvalue weighted by Crippen LogP contribution is 2.27. The lowest BCUT2D eigenvalue weighted by molar-refractivity contribution is 0.0527. The van der Waals surface area contributed by atoms with Gasteiger partial charge in [0.15, 0.2) is 17.5 Å². The minimum atomic E-state index is -0.484. The van der Waals surface area contributed by atoms with Gasteiger partial charge in [-0.1, -0.05) is 6.07 Å². The Kier molecular flexibility index (Phi) is 13.2. The second-order valence-corrected chi connectivity index (χ2v) is 7.15. The van der Waals surface area contributed by atoms with Gasteiger partial charge in [-0.2, -0.15) is 0 Å². The summed E-state index contributed by atoms with van der Waals surface area (Å²) in [6, 6.07) is 5.89. The Labute approximate surface area is 191 Å². The number of hydrogen-bond acceptors (Lipinski definition) is 5. The molecule has 0 unspecified atom stereocenters. The maximum absolute atomic E-state index is 11.6. The second kappa shape index (κ2) is 14.1. The topological polar surface area (TPSA) is 93.2 Å². The number of methoxy groups -OCH3 is 2. The highest BCUT2D eigenvalue weighted by molar-refractivity contribution is 14.0. The van der Waals surface area contributed by atoms with Gasteiger partial charge in [0.1, 0.15) is 5.60 Å². The fourth-order valence-electron chi connectivity index (χ4n) is 2.38. The number of guanidine groups is 1. The van der Waals surface area contributed by atoms with E-state index in [2.05, 4.69) is 20.9 Å². The quantitative estimate of drug-likeness (QED) is 0.200. The third-order valence-corrected chi connectivity index (χ3v) is 3.69. The van der Waals surface area contributed by atoms with E-state index >= 15 is 0 Å². The highest BCUT2D eigenvalue weighted by atomic mass is 127. The summed E-state index contributed by atoms with van der Waals surface area (Å²) in [5, 5.41) is 9.22. The molecule has 3 N–H and O–H groups in total. The molecule has 0 saturated heterocycles. The molecule has 0 aliphatic heterocycles. The molecule has 0 aliphatic carbocycles. The van der Waals surface area contributed by atoms with E-state index in [1.54, 1.807) is 21.3 Å². The molecule has 0 atom stereocenters. The standard InChI is InChI=1S/C20H34N4O4.HI/c1-20(2,3)28-19(25)24-12-7-11-22-18(21-4)23-13-10-15-8-9-16(26-5)17(14-15)27-6;/h8-9,14H,7,10-13H2,1-6H3,(H,24,25)(H2,21,22,23);1H. The van der Waals surface area contributed by atoms with Gasteiger partial charge in [0.05, 0.1) is 14.2 Å². The minimum Gasteiger partial charge on any atom is -0.493 e. The van der Waals surface area contributed by atoms with Crippen LogP contribution in [0.25, 0.3) is 0 Å². The molecule has 0 radical (unpaired) electrons. The number of alkyl carbamates (subject to hydrolysis) is 1. The molecule has 0 fully saturated rings. The zero-order valence-electron chi connectivity index (χ0n) is 18.3. The Morgan fingerprint density at radius 3 is 2.21 bits per heavy atom. The fourth-order valence-corrected chi connectivity index (χ4v) is 2.38. The number of nitrogens with zero attached hydrogens (tertiary/aromatic N) is 1. The molecule has 166 valence electrons. The number of carbonyl (C=O) groups excluding carboxylic acids is 1. The number of hydrogen-bond donors (Lipinski definition) is 3. The number of rotatable bonds is 9. The molecule has 1 aromatic rings. The van der Waals surface area contributed by atoms with E-state index in [-0.39, 0.29) is 24.0 Å². The molecule has 0 saturated carbocycles. The molecular formula is C20H35IN4O4. The van der Waals surface area contributed by atoms with Crippen molar-refractivity contribution in [2.24, 2.45) is 4.99 Å². The van der Waals surface area contributed by atoms with Gasteiger partial charge in [-0.25, -0.2) is 4.79 Å². The highest BCUT2D eigenvalue weighted by Gasteiger charge is 2.15. The predicted octanol–water partition coefficient (Wildman–Crippen LogP) is 2.94. The van der Waals surface area contributed by atoms with Crippen LogP contribution in [-0.4, -0.2) is 58.6 Å². The molecule has 0 heterocycles. The van der Waals surface area contributed by atoms with Gasteiger partial charge in [-0.05, 0) is 51.3 Å². The van der Waals surface area contributed by atoms with Crippen LogP contribution in [0.3, 0.4) is 0 Å². The molecule has 0 aliphatic rings. The maximum atomic E-state index is 11.6. The molecule has 1 aromatic carbocycles. The smallest absolute Gasteiger partial charge is 0.407 e. The number of nitrogens with one attached hydrogen (secondary N) is 3. The van der Waals surface area contributed by atoms with E-state index in [4.69, 9.17) is 14.2 Å². The van der Waals surface area contributed by atoms with Crippen LogP contribution in [0.5, 0.6) is 11.5 Å². The Balaban J connectivity index is 0.00000784. The lowest BCUT2D eigenvalue weighted by atomic mass is 10.1. The van der Waals surface area contributed by atoms with Crippen molar-refractivity contribution in [2.75, 3.05) is 40.9 Å². The first-order valence-electron chi connectivity index (χ1n) is 9.41. The van der Waals surface area contributed by atoms with Crippen molar-refractivity contribution in [2.45, 2.75) is 39.2 Å². The van der Waals surface area contributed by atoms with Crippen LogP contribution >= 0.6 is 24.0 Å². The summed E-state index contributed by atoms with van der Waals surface area (Å²) in [5.74, 6) is 2.16. The molecule has 0 bridgehead atoms. The summed E-state index contributed by atoms with van der Waals surface area (Å²) >= 11 is 0. The lowest BCUT2D eigenvalue weighted by Crippen LogP contribution is -2.40. The number of carbonyl (C=O) groups is 1. The number of aliphatic imine (C=N–C) groups is 1. The fraction of sp³-hybridized carbons (Fsp3) is 0.600. The molecule has 1 rings (SSSR count). The average Bonchev–Trinajstić information content (AvgIpc) is 2.64. The summed E-state index contributed by atoms with van der Waals surface area (Å²) in [6.07, 6.45) is 1.18. The van der Waals surface area contributed by atoms with Gasteiger partial charge < -0.3 is 30.2 Å². The summed E-state index contributed by atoms with van der Waals surface area (Å²) in [7, 11) is 4.98. The summed E-state index contributed by atoms with van der Waals surface area (Å²) in [4.78, 5) is 15.8. The first-order valence-corrected chi connectivity index (χ1v) is 9.41. The van der Waals surface area contributed by atoms with E-state index in [9.17, 15) is 4.79 Å². The van der Waals surface area contributed by atoms with Crippen molar-refractivity contribution in [3.63, 3.8) is 0 Å². The Morgan fingerprint density at radius 1 is 1.00 bits per heavy atom. The van der Waals surface area contributed by atoms with Crippen LogP contribution in [0.4, 0.5) is 4.79 Å². The zero-order chi connectivity index (χ0) is 21.0. The lowest BCUT2D eigenvalue weighted by Gasteiger charge is -2.19. The van der Waals surface area contributed by atoms with Crippen LogP contribution in [0.1, 0.15) is 32.8 Å². The molecule has 8 nitrogen and oxygen atoms in total. The molecule has 29 heavy (non-hydrogen) atoms. The van der Waals surface area contributed by atoms with Crippen LogP contribution in [0.15, 0.2) is 23.2 Å². The molecule has 9 heteroatoms. The van der Waals surface area contributed by atoms with E-state index in [1.807, 2.05) is 39.0 Å². The van der Waals surface area contributed by atoms with E-state index in [0.29, 0.717) is 13.1 Å². The first-order chi connectivity index (χ1) is 13.3. The Hall–Kier alpha value is -1.91. The van der Waals surface area contributed by atoms with Crippen molar-refractivity contribution in [3.8, 4) is 11.5 Å². The predicted molar refractivity (Wildman–Crippen MR) is 127 cm³/mol. The number of halogens is 1.